The molecule has 208 valence electrons. The van der Waals surface area contributed by atoms with Crippen molar-refractivity contribution in [2.45, 2.75) is 52.0 Å². The molecular weight excluding hydrogens is 509 g/mol. The molecule has 7 nitrogen and oxygen atoms in total. The second-order valence-electron chi connectivity index (χ2n) is 8.73. The molecule has 1 amide bonds. The van der Waals surface area contributed by atoms with Gasteiger partial charge in [0.15, 0.2) is 0 Å². The minimum absolute atomic E-state index is 0.00862. The van der Waals surface area contributed by atoms with Crippen molar-refractivity contribution >= 4 is 17.8 Å². The summed E-state index contributed by atoms with van der Waals surface area (Å²) in [7, 11) is 1.53. The molecule has 1 aromatic heterocycles. The van der Waals surface area contributed by atoms with Crippen molar-refractivity contribution in [2.24, 2.45) is 10.9 Å². The molecule has 0 saturated carbocycles. The number of nitrogens with zero attached hydrogens (tertiary/aromatic N) is 3. The van der Waals surface area contributed by atoms with Crippen molar-refractivity contribution in [2.75, 3.05) is 20.2 Å². The Kier molecular flexibility index (Phi) is 11.2. The summed E-state index contributed by atoms with van der Waals surface area (Å²) in [5.74, 6) is -5.56. The van der Waals surface area contributed by atoms with E-state index in [0.29, 0.717) is 6.42 Å². The number of piperidine rings is 1. The number of carbonyl (C=O) groups is 1. The number of rotatable bonds is 11. The minimum atomic E-state index is -3.20. The van der Waals surface area contributed by atoms with Gasteiger partial charge in [-0.15, -0.1) is 0 Å². The first-order valence-electron chi connectivity index (χ1n) is 12.0. The van der Waals surface area contributed by atoms with E-state index >= 15 is 0 Å². The number of nitrogens with one attached hydrogen (secondary N) is 2. The summed E-state index contributed by atoms with van der Waals surface area (Å²) in [4.78, 5) is 22.2. The van der Waals surface area contributed by atoms with Crippen molar-refractivity contribution in [1.29, 1.82) is 5.41 Å². The maximum Gasteiger partial charge on any atom is 0.273 e. The number of hydrogen-bond acceptors (Lipinski definition) is 6. The highest BCUT2D eigenvalue weighted by Gasteiger charge is 2.47. The van der Waals surface area contributed by atoms with E-state index in [4.69, 9.17) is 10.1 Å². The monoisotopic (exact) mass is 541 g/mol. The number of carbonyl (C=O) groups excluding carboxylic acids is 1. The van der Waals surface area contributed by atoms with Gasteiger partial charge in [-0.3, -0.25) is 15.2 Å². The fraction of sp³-hybridized carbons (Fsp3) is 0.462. The van der Waals surface area contributed by atoms with Crippen LogP contribution in [0.25, 0.3) is 0 Å². The smallest absolute Gasteiger partial charge is 0.273 e. The number of likely N-dealkylation sites (tertiary alicyclic amines) is 1. The lowest BCUT2D eigenvalue weighted by molar-refractivity contribution is -0.148. The summed E-state index contributed by atoms with van der Waals surface area (Å²) in [5, 5.41) is 11.3. The zero-order valence-corrected chi connectivity index (χ0v) is 21.6. The Balaban J connectivity index is 2.35. The van der Waals surface area contributed by atoms with Gasteiger partial charge in [0.05, 0.1) is 24.5 Å². The SMILES string of the molecule is C\C=C(F)/C=N/C(=C/CC)C(=C/NC)/C(=N)C(=O)N1CC(F)(F)C[C@@H](C)[C@H]1COc1ccc(C(F)F)cn1. The number of ether oxygens (including phenoxy) is 1. The molecule has 12 heteroatoms. The summed E-state index contributed by atoms with van der Waals surface area (Å²) in [5.41, 5.74) is -0.813. The predicted molar refractivity (Wildman–Crippen MR) is 136 cm³/mol. The summed E-state index contributed by atoms with van der Waals surface area (Å²) in [6.45, 7) is 3.61. The molecule has 0 aromatic carbocycles. The topological polar surface area (TPSA) is 90.7 Å². The zero-order chi connectivity index (χ0) is 28.5. The molecule has 2 N–H and O–H groups in total. The molecule has 0 unspecified atom stereocenters. The van der Waals surface area contributed by atoms with Crippen molar-refractivity contribution in [3.63, 3.8) is 0 Å². The Hall–Kier alpha value is -3.57. The standard InChI is InChI=1S/C26H32F5N5O2/c1-5-7-20(34-12-18(27)6-2)19(13-33-4)23(32)25(37)36-15-26(30,31)10-16(3)21(36)14-38-22-9-8-17(11-35-22)24(28)29/h6-9,11-13,16,21,24,32-33H,5,10,14-15H2,1-4H3/b18-6+,19-13-,20-7+,32-23?,34-12+/t16-,21-/m1/s1. The van der Waals surface area contributed by atoms with Gasteiger partial charge in [0.1, 0.15) is 18.1 Å². The van der Waals surface area contributed by atoms with Crippen LogP contribution in [0.15, 0.2) is 58.8 Å². The molecule has 2 atom stereocenters. The van der Waals surface area contributed by atoms with Crippen molar-refractivity contribution in [3.05, 3.63) is 59.3 Å². The van der Waals surface area contributed by atoms with Gasteiger partial charge in [0.2, 0.25) is 5.88 Å². The highest BCUT2D eigenvalue weighted by Crippen LogP contribution is 2.35. The Labute approximate surface area is 218 Å². The lowest BCUT2D eigenvalue weighted by Gasteiger charge is -2.43. The third-order valence-corrected chi connectivity index (χ3v) is 5.80. The minimum Gasteiger partial charge on any atom is -0.475 e. The van der Waals surface area contributed by atoms with Crippen molar-refractivity contribution in [1.82, 2.24) is 15.2 Å². The second-order valence-corrected chi connectivity index (χ2v) is 8.73. The number of aromatic nitrogens is 1. The van der Waals surface area contributed by atoms with Crippen LogP contribution in [-0.2, 0) is 4.79 Å². The molecule has 1 aliphatic rings. The predicted octanol–water partition coefficient (Wildman–Crippen LogP) is 5.63. The molecular formula is C26H32F5N5O2. The van der Waals surface area contributed by atoms with Crippen LogP contribution >= 0.6 is 0 Å². The van der Waals surface area contributed by atoms with Gasteiger partial charge in [-0.2, -0.15) is 0 Å². The molecule has 2 rings (SSSR count). The Bertz CT molecular complexity index is 1100. The van der Waals surface area contributed by atoms with E-state index in [9.17, 15) is 26.7 Å². The lowest BCUT2D eigenvalue weighted by Crippen LogP contribution is -2.58. The highest BCUT2D eigenvalue weighted by molar-refractivity contribution is 6.45. The molecule has 1 fully saturated rings. The molecule has 38 heavy (non-hydrogen) atoms. The van der Waals surface area contributed by atoms with E-state index in [2.05, 4.69) is 15.3 Å². The summed E-state index contributed by atoms with van der Waals surface area (Å²) in [6, 6.07) is 1.50. The van der Waals surface area contributed by atoms with Crippen LogP contribution in [0.3, 0.4) is 0 Å². The van der Waals surface area contributed by atoms with E-state index in [1.807, 2.05) is 0 Å². The van der Waals surface area contributed by atoms with Crippen molar-refractivity contribution < 1.29 is 31.5 Å². The molecule has 0 spiro atoms. The molecule has 1 aromatic rings. The maximum absolute atomic E-state index is 14.6. The number of halogens is 5. The van der Waals surface area contributed by atoms with E-state index in [-0.39, 0.29) is 29.3 Å². The van der Waals surface area contributed by atoms with Gasteiger partial charge < -0.3 is 15.0 Å². The second kappa shape index (κ2) is 13.8. The Morgan fingerprint density at radius 3 is 2.66 bits per heavy atom. The van der Waals surface area contributed by atoms with Crippen molar-refractivity contribution in [3.8, 4) is 5.88 Å². The van der Waals surface area contributed by atoms with Crippen LogP contribution in [0.5, 0.6) is 5.88 Å². The molecule has 0 radical (unpaired) electrons. The van der Waals surface area contributed by atoms with Gasteiger partial charge in [-0.05, 0) is 25.3 Å². The number of pyridine rings is 1. The third-order valence-electron chi connectivity index (χ3n) is 5.80. The average Bonchev–Trinajstić information content (AvgIpc) is 2.87. The fourth-order valence-electron chi connectivity index (χ4n) is 3.91. The quantitative estimate of drug-likeness (QED) is 0.216. The van der Waals surface area contributed by atoms with Gasteiger partial charge in [0, 0.05) is 43.1 Å². The summed E-state index contributed by atoms with van der Waals surface area (Å²) in [6.07, 6.45) is 3.19. The lowest BCUT2D eigenvalue weighted by atomic mass is 9.88. The van der Waals surface area contributed by atoms with Crippen LogP contribution in [0.2, 0.25) is 0 Å². The summed E-state index contributed by atoms with van der Waals surface area (Å²) >= 11 is 0. The number of aliphatic imine (C=N–C) groups is 1. The van der Waals surface area contributed by atoms with Crippen LogP contribution < -0.4 is 10.1 Å². The summed E-state index contributed by atoms with van der Waals surface area (Å²) < 4.78 is 74.0. The van der Waals surface area contributed by atoms with Crippen LogP contribution in [0.1, 0.15) is 45.6 Å². The average molecular weight is 542 g/mol. The first kappa shape index (κ1) is 30.7. The Morgan fingerprint density at radius 1 is 1.39 bits per heavy atom. The van der Waals surface area contributed by atoms with Crippen LogP contribution in [-0.4, -0.2) is 59.9 Å². The third kappa shape index (κ3) is 8.22. The Morgan fingerprint density at radius 2 is 2.11 bits per heavy atom. The molecule has 0 aliphatic carbocycles. The number of allylic oxidation sites excluding steroid dienone is 4. The van der Waals surface area contributed by atoms with Crippen LogP contribution in [0, 0.1) is 11.3 Å². The zero-order valence-electron chi connectivity index (χ0n) is 21.6. The largest absolute Gasteiger partial charge is 0.475 e. The number of alkyl halides is 4. The molecule has 1 saturated heterocycles. The first-order valence-corrected chi connectivity index (χ1v) is 12.0. The van der Waals surface area contributed by atoms with Gasteiger partial charge in [-0.1, -0.05) is 26.0 Å². The number of hydrogen-bond donors (Lipinski definition) is 2. The van der Waals surface area contributed by atoms with E-state index in [0.717, 1.165) is 23.4 Å². The maximum atomic E-state index is 14.6. The van der Waals surface area contributed by atoms with Crippen LogP contribution in [0.4, 0.5) is 22.0 Å². The number of amides is 1. The highest BCUT2D eigenvalue weighted by atomic mass is 19.3. The molecule has 0 bridgehead atoms. The normalized spacial score (nSPS) is 20.7. The van der Waals surface area contributed by atoms with Gasteiger partial charge in [-0.25, -0.2) is 26.9 Å². The van der Waals surface area contributed by atoms with E-state index in [1.54, 1.807) is 13.0 Å². The van der Waals surface area contributed by atoms with E-state index in [1.165, 1.54) is 39.2 Å². The fourth-order valence-corrected chi connectivity index (χ4v) is 3.91. The molecule has 2 heterocycles. The van der Waals surface area contributed by atoms with Gasteiger partial charge >= 0.3 is 0 Å². The molecule has 1 aliphatic heterocycles. The first-order chi connectivity index (χ1) is 17.9. The van der Waals surface area contributed by atoms with E-state index < -0.39 is 54.7 Å². The van der Waals surface area contributed by atoms with Gasteiger partial charge in [0.25, 0.3) is 18.3 Å².